The van der Waals surface area contributed by atoms with E-state index in [1.54, 1.807) is 11.1 Å². The average molecular weight is 277 g/mol. The summed E-state index contributed by atoms with van der Waals surface area (Å²) in [5.74, 6) is 0.925. The summed E-state index contributed by atoms with van der Waals surface area (Å²) in [6.45, 7) is 8.39. The Morgan fingerprint density at radius 3 is 2.65 bits per heavy atom. The first-order chi connectivity index (χ1) is 9.39. The number of anilines is 1. The molecule has 0 spiro atoms. The minimum absolute atomic E-state index is 0.0375. The first kappa shape index (κ1) is 14.6. The number of hydrogen-bond donors (Lipinski definition) is 1. The molecule has 0 aliphatic carbocycles. The molecule has 1 N–H and O–H groups in total. The molecule has 0 saturated carbocycles. The highest BCUT2D eigenvalue weighted by Crippen LogP contribution is 2.28. The molecule has 1 amide bonds. The highest BCUT2D eigenvalue weighted by atomic mass is 16.4. The molecule has 1 aromatic rings. The highest BCUT2D eigenvalue weighted by Gasteiger charge is 2.36. The number of pyridine rings is 1. The van der Waals surface area contributed by atoms with Crippen molar-refractivity contribution in [2.45, 2.75) is 33.2 Å². The number of amides is 1. The van der Waals surface area contributed by atoms with Gasteiger partial charge in [0.05, 0.1) is 6.04 Å². The molecule has 2 rings (SSSR count). The number of hydrogen-bond acceptors (Lipinski definition) is 3. The predicted molar refractivity (Wildman–Crippen MR) is 79.0 cm³/mol. The van der Waals surface area contributed by atoms with Crippen molar-refractivity contribution in [2.75, 3.05) is 24.5 Å². The topological polar surface area (TPSA) is 56.7 Å². The summed E-state index contributed by atoms with van der Waals surface area (Å²) >= 11 is 0. The second-order valence-electron chi connectivity index (χ2n) is 6.35. The molecule has 0 bridgehead atoms. The summed E-state index contributed by atoms with van der Waals surface area (Å²) in [7, 11) is 0. The summed E-state index contributed by atoms with van der Waals surface area (Å²) in [5.41, 5.74) is -0.101. The molecule has 1 unspecified atom stereocenters. The SMILES string of the molecule is CC(C)(C)C1CN(c2ccccn2)CCCN1C(=O)O. The summed E-state index contributed by atoms with van der Waals surface area (Å²) < 4.78 is 0. The van der Waals surface area contributed by atoms with E-state index >= 15 is 0 Å². The van der Waals surface area contributed by atoms with Crippen LogP contribution in [0.4, 0.5) is 10.6 Å². The van der Waals surface area contributed by atoms with Crippen LogP contribution in [0.15, 0.2) is 24.4 Å². The number of rotatable bonds is 1. The van der Waals surface area contributed by atoms with Gasteiger partial charge in [0.1, 0.15) is 5.82 Å². The first-order valence-corrected chi connectivity index (χ1v) is 7.05. The molecule has 0 aromatic carbocycles. The van der Waals surface area contributed by atoms with E-state index in [0.29, 0.717) is 13.1 Å². The van der Waals surface area contributed by atoms with Gasteiger partial charge < -0.3 is 14.9 Å². The van der Waals surface area contributed by atoms with Crippen LogP contribution < -0.4 is 4.90 Å². The minimum atomic E-state index is -0.826. The normalized spacial score (nSPS) is 20.6. The summed E-state index contributed by atoms with van der Waals surface area (Å²) in [5, 5.41) is 9.45. The smallest absolute Gasteiger partial charge is 0.407 e. The van der Waals surface area contributed by atoms with Crippen LogP contribution in [0, 0.1) is 5.41 Å². The standard InChI is InChI=1S/C15H23N3O2/c1-15(2,3)12-11-17(13-7-4-5-8-16-13)9-6-10-18(12)14(19)20/h4-5,7-8,12H,6,9-11H2,1-3H3,(H,19,20). The van der Waals surface area contributed by atoms with Crippen molar-refractivity contribution in [1.29, 1.82) is 0 Å². The summed E-state index contributed by atoms with van der Waals surface area (Å²) in [6.07, 6.45) is 1.78. The molecule has 2 heterocycles. The van der Waals surface area contributed by atoms with Gasteiger partial charge in [0.25, 0.3) is 0 Å². The van der Waals surface area contributed by atoms with E-state index in [9.17, 15) is 9.90 Å². The number of carbonyl (C=O) groups is 1. The molecular weight excluding hydrogens is 254 g/mol. The molecule has 1 aliphatic heterocycles. The zero-order chi connectivity index (χ0) is 14.8. The van der Waals surface area contributed by atoms with Gasteiger partial charge in [0, 0.05) is 25.8 Å². The van der Waals surface area contributed by atoms with Crippen LogP contribution in [-0.4, -0.2) is 46.8 Å². The molecule has 5 nitrogen and oxygen atoms in total. The lowest BCUT2D eigenvalue weighted by molar-refractivity contribution is 0.0902. The third kappa shape index (κ3) is 3.21. The summed E-state index contributed by atoms with van der Waals surface area (Å²) in [4.78, 5) is 19.7. The molecule has 110 valence electrons. The van der Waals surface area contributed by atoms with Crippen LogP contribution in [0.25, 0.3) is 0 Å². The van der Waals surface area contributed by atoms with Gasteiger partial charge in [-0.25, -0.2) is 9.78 Å². The van der Waals surface area contributed by atoms with E-state index in [4.69, 9.17) is 0 Å². The van der Waals surface area contributed by atoms with Crippen LogP contribution in [0.2, 0.25) is 0 Å². The molecule has 1 fully saturated rings. The Morgan fingerprint density at radius 2 is 2.10 bits per heavy atom. The van der Waals surface area contributed by atoms with E-state index in [-0.39, 0.29) is 11.5 Å². The number of aromatic nitrogens is 1. The highest BCUT2D eigenvalue weighted by molar-refractivity contribution is 5.66. The van der Waals surface area contributed by atoms with E-state index < -0.39 is 6.09 Å². The van der Waals surface area contributed by atoms with Crippen LogP contribution in [-0.2, 0) is 0 Å². The predicted octanol–water partition coefficient (Wildman–Crippen LogP) is 2.69. The zero-order valence-corrected chi connectivity index (χ0v) is 12.4. The Hall–Kier alpha value is -1.78. The quantitative estimate of drug-likeness (QED) is 0.857. The van der Waals surface area contributed by atoms with Gasteiger partial charge in [-0.1, -0.05) is 26.8 Å². The van der Waals surface area contributed by atoms with Gasteiger partial charge in [0.2, 0.25) is 0 Å². The second kappa shape index (κ2) is 5.69. The Balaban J connectivity index is 2.26. The van der Waals surface area contributed by atoms with Crippen molar-refractivity contribution in [3.8, 4) is 0 Å². The van der Waals surface area contributed by atoms with Gasteiger partial charge in [-0.3, -0.25) is 0 Å². The first-order valence-electron chi connectivity index (χ1n) is 7.05. The third-order valence-corrected chi connectivity index (χ3v) is 3.82. The fraction of sp³-hybridized carbons (Fsp3) is 0.600. The maximum Gasteiger partial charge on any atom is 0.407 e. The maximum absolute atomic E-state index is 11.5. The van der Waals surface area contributed by atoms with Gasteiger partial charge in [-0.05, 0) is 24.0 Å². The van der Waals surface area contributed by atoms with Crippen molar-refractivity contribution < 1.29 is 9.90 Å². The van der Waals surface area contributed by atoms with E-state index in [2.05, 4.69) is 30.7 Å². The van der Waals surface area contributed by atoms with E-state index in [1.165, 1.54) is 0 Å². The zero-order valence-electron chi connectivity index (χ0n) is 12.4. The van der Waals surface area contributed by atoms with Crippen molar-refractivity contribution >= 4 is 11.9 Å². The van der Waals surface area contributed by atoms with E-state index in [0.717, 1.165) is 18.8 Å². The second-order valence-corrected chi connectivity index (χ2v) is 6.35. The molecule has 1 saturated heterocycles. The van der Waals surface area contributed by atoms with Crippen LogP contribution >= 0.6 is 0 Å². The van der Waals surface area contributed by atoms with Crippen molar-refractivity contribution in [3.05, 3.63) is 24.4 Å². The molecule has 0 radical (unpaired) electrons. The molecule has 5 heteroatoms. The van der Waals surface area contributed by atoms with Crippen LogP contribution in [0.1, 0.15) is 27.2 Å². The van der Waals surface area contributed by atoms with E-state index in [1.807, 2.05) is 18.2 Å². The Labute approximate surface area is 120 Å². The maximum atomic E-state index is 11.5. The molecule has 20 heavy (non-hydrogen) atoms. The van der Waals surface area contributed by atoms with Gasteiger partial charge in [-0.2, -0.15) is 0 Å². The van der Waals surface area contributed by atoms with Crippen LogP contribution in [0.5, 0.6) is 0 Å². The van der Waals surface area contributed by atoms with Gasteiger partial charge in [0.15, 0.2) is 0 Å². The summed E-state index contributed by atoms with van der Waals surface area (Å²) in [6, 6.07) is 5.81. The minimum Gasteiger partial charge on any atom is -0.465 e. The van der Waals surface area contributed by atoms with Crippen LogP contribution in [0.3, 0.4) is 0 Å². The monoisotopic (exact) mass is 277 g/mol. The lowest BCUT2D eigenvalue weighted by atomic mass is 9.85. The Kier molecular flexibility index (Phi) is 4.16. The van der Waals surface area contributed by atoms with Gasteiger partial charge in [-0.15, -0.1) is 0 Å². The lowest BCUT2D eigenvalue weighted by Gasteiger charge is -2.39. The molecule has 1 aromatic heterocycles. The number of carboxylic acid groups (broad SMARTS) is 1. The van der Waals surface area contributed by atoms with Crippen molar-refractivity contribution in [1.82, 2.24) is 9.88 Å². The Bertz CT molecular complexity index is 456. The molecular formula is C15H23N3O2. The number of nitrogens with zero attached hydrogens (tertiary/aromatic N) is 3. The third-order valence-electron chi connectivity index (χ3n) is 3.82. The van der Waals surface area contributed by atoms with Crippen molar-refractivity contribution in [3.63, 3.8) is 0 Å². The lowest BCUT2D eigenvalue weighted by Crippen LogP contribution is -2.51. The van der Waals surface area contributed by atoms with Gasteiger partial charge >= 0.3 is 6.09 Å². The largest absolute Gasteiger partial charge is 0.465 e. The van der Waals surface area contributed by atoms with Crippen molar-refractivity contribution in [2.24, 2.45) is 5.41 Å². The average Bonchev–Trinajstić information content (AvgIpc) is 2.62. The fourth-order valence-electron chi connectivity index (χ4n) is 2.71. The molecule has 1 atom stereocenters. The molecule has 1 aliphatic rings. The Morgan fingerprint density at radius 1 is 1.35 bits per heavy atom. The fourth-order valence-corrected chi connectivity index (χ4v) is 2.71.